The lowest BCUT2D eigenvalue weighted by molar-refractivity contribution is 0.439. The molecule has 1 aliphatic rings. The number of fused-ring (bicyclic) bond motifs is 1. The lowest BCUT2D eigenvalue weighted by Crippen LogP contribution is -1.88. The standard InChI is InChI=1S/C12H13NO/c1-9(6-7-13)12-8-10-4-2-3-5-11(10)14-12/h2,4,8-9H,3,5-6H2,1H3. The van der Waals surface area contributed by atoms with Crippen molar-refractivity contribution in [1.29, 1.82) is 5.26 Å². The molecule has 0 N–H and O–H groups in total. The molecule has 1 unspecified atom stereocenters. The Balaban J connectivity index is 2.25. The second-order valence-electron chi connectivity index (χ2n) is 3.73. The van der Waals surface area contributed by atoms with Gasteiger partial charge in [0.15, 0.2) is 0 Å². The molecular weight excluding hydrogens is 174 g/mol. The van der Waals surface area contributed by atoms with E-state index in [4.69, 9.17) is 9.68 Å². The summed E-state index contributed by atoms with van der Waals surface area (Å²) in [6, 6.07) is 4.23. The molecule has 1 atom stereocenters. The van der Waals surface area contributed by atoms with Crippen LogP contribution in [0.2, 0.25) is 0 Å². The van der Waals surface area contributed by atoms with Gasteiger partial charge in [0.05, 0.1) is 6.07 Å². The molecule has 2 rings (SSSR count). The van der Waals surface area contributed by atoms with Gasteiger partial charge in [0, 0.05) is 24.3 Å². The van der Waals surface area contributed by atoms with Gasteiger partial charge in [-0.25, -0.2) is 0 Å². The molecule has 0 spiro atoms. The molecule has 14 heavy (non-hydrogen) atoms. The molecule has 0 bridgehead atoms. The third kappa shape index (κ3) is 1.58. The van der Waals surface area contributed by atoms with Crippen LogP contribution < -0.4 is 0 Å². The van der Waals surface area contributed by atoms with Gasteiger partial charge in [-0.15, -0.1) is 0 Å². The first kappa shape index (κ1) is 9.08. The van der Waals surface area contributed by atoms with Crippen LogP contribution in [0.4, 0.5) is 0 Å². The van der Waals surface area contributed by atoms with Crippen molar-refractivity contribution in [2.45, 2.75) is 32.1 Å². The van der Waals surface area contributed by atoms with Gasteiger partial charge in [-0.2, -0.15) is 5.26 Å². The summed E-state index contributed by atoms with van der Waals surface area (Å²) in [5.74, 6) is 2.23. The van der Waals surface area contributed by atoms with Crippen molar-refractivity contribution in [2.24, 2.45) is 0 Å². The molecule has 0 amide bonds. The summed E-state index contributed by atoms with van der Waals surface area (Å²) < 4.78 is 5.72. The minimum Gasteiger partial charge on any atom is -0.465 e. The Kier molecular flexibility index (Phi) is 2.41. The number of hydrogen-bond donors (Lipinski definition) is 0. The van der Waals surface area contributed by atoms with E-state index in [1.54, 1.807) is 0 Å². The second kappa shape index (κ2) is 3.71. The number of nitriles is 1. The summed E-state index contributed by atoms with van der Waals surface area (Å²) in [6.07, 6.45) is 6.84. The van der Waals surface area contributed by atoms with Gasteiger partial charge in [-0.05, 0) is 12.5 Å². The topological polar surface area (TPSA) is 36.9 Å². The van der Waals surface area contributed by atoms with Crippen molar-refractivity contribution >= 4 is 6.08 Å². The van der Waals surface area contributed by atoms with Gasteiger partial charge in [-0.1, -0.05) is 19.1 Å². The molecule has 1 aromatic rings. The van der Waals surface area contributed by atoms with Crippen molar-refractivity contribution < 1.29 is 4.42 Å². The van der Waals surface area contributed by atoms with Crippen molar-refractivity contribution in [3.8, 4) is 6.07 Å². The van der Waals surface area contributed by atoms with Gasteiger partial charge in [0.2, 0.25) is 0 Å². The van der Waals surface area contributed by atoms with Crippen LogP contribution in [0.1, 0.15) is 42.8 Å². The van der Waals surface area contributed by atoms with E-state index in [0.29, 0.717) is 6.42 Å². The van der Waals surface area contributed by atoms with Crippen LogP contribution in [-0.2, 0) is 6.42 Å². The number of hydrogen-bond acceptors (Lipinski definition) is 2. The number of furan rings is 1. The minimum absolute atomic E-state index is 0.207. The highest BCUT2D eigenvalue weighted by Gasteiger charge is 2.15. The van der Waals surface area contributed by atoms with Crippen LogP contribution in [0.3, 0.4) is 0 Å². The van der Waals surface area contributed by atoms with E-state index in [1.807, 2.05) is 6.92 Å². The SMILES string of the molecule is CC(CC#N)c1cc2c(o1)CCC=C2. The van der Waals surface area contributed by atoms with Gasteiger partial charge in [0.25, 0.3) is 0 Å². The number of aryl methyl sites for hydroxylation is 1. The summed E-state index contributed by atoms with van der Waals surface area (Å²) in [5, 5.41) is 8.60. The molecule has 0 aliphatic heterocycles. The summed E-state index contributed by atoms with van der Waals surface area (Å²) in [4.78, 5) is 0. The van der Waals surface area contributed by atoms with Crippen LogP contribution in [-0.4, -0.2) is 0 Å². The highest BCUT2D eigenvalue weighted by molar-refractivity contribution is 5.54. The largest absolute Gasteiger partial charge is 0.465 e. The first-order valence-corrected chi connectivity index (χ1v) is 4.97. The summed E-state index contributed by atoms with van der Waals surface area (Å²) in [6.45, 7) is 2.03. The zero-order chi connectivity index (χ0) is 9.97. The molecular formula is C12H13NO. The average molecular weight is 187 g/mol. The molecule has 1 aromatic heterocycles. The Morgan fingerprint density at radius 1 is 1.64 bits per heavy atom. The lowest BCUT2D eigenvalue weighted by atomic mass is 10.0. The zero-order valence-electron chi connectivity index (χ0n) is 8.29. The van der Waals surface area contributed by atoms with Crippen molar-refractivity contribution in [3.05, 3.63) is 29.2 Å². The quantitative estimate of drug-likeness (QED) is 0.712. The third-order valence-corrected chi connectivity index (χ3v) is 2.58. The molecule has 2 heteroatoms. The van der Waals surface area contributed by atoms with Crippen LogP contribution >= 0.6 is 0 Å². The Labute approximate surface area is 83.8 Å². The molecule has 72 valence electrons. The molecule has 1 heterocycles. The average Bonchev–Trinajstić information content (AvgIpc) is 2.61. The van der Waals surface area contributed by atoms with Crippen LogP contribution in [0.15, 0.2) is 16.6 Å². The molecule has 1 aliphatic carbocycles. The van der Waals surface area contributed by atoms with Crippen LogP contribution in [0.25, 0.3) is 6.08 Å². The predicted molar refractivity (Wildman–Crippen MR) is 54.7 cm³/mol. The van der Waals surface area contributed by atoms with Gasteiger partial charge in [0.1, 0.15) is 11.5 Å². The van der Waals surface area contributed by atoms with E-state index < -0.39 is 0 Å². The maximum Gasteiger partial charge on any atom is 0.111 e. The van der Waals surface area contributed by atoms with E-state index in [0.717, 1.165) is 24.4 Å². The van der Waals surface area contributed by atoms with E-state index in [1.165, 1.54) is 5.56 Å². The summed E-state index contributed by atoms with van der Waals surface area (Å²) >= 11 is 0. The van der Waals surface area contributed by atoms with E-state index in [9.17, 15) is 0 Å². The monoisotopic (exact) mass is 187 g/mol. The Morgan fingerprint density at radius 3 is 3.21 bits per heavy atom. The molecule has 0 saturated carbocycles. The highest BCUT2D eigenvalue weighted by Crippen LogP contribution is 2.28. The van der Waals surface area contributed by atoms with Crippen molar-refractivity contribution in [1.82, 2.24) is 0 Å². The van der Waals surface area contributed by atoms with E-state index in [-0.39, 0.29) is 5.92 Å². The first-order valence-electron chi connectivity index (χ1n) is 4.97. The van der Waals surface area contributed by atoms with Crippen LogP contribution in [0, 0.1) is 11.3 Å². The molecule has 0 aromatic carbocycles. The Morgan fingerprint density at radius 2 is 2.50 bits per heavy atom. The number of nitrogens with zero attached hydrogens (tertiary/aromatic N) is 1. The molecule has 0 saturated heterocycles. The fourth-order valence-electron chi connectivity index (χ4n) is 1.71. The van der Waals surface area contributed by atoms with Gasteiger partial charge >= 0.3 is 0 Å². The molecule has 0 radical (unpaired) electrons. The normalized spacial score (nSPS) is 16.0. The molecule has 0 fully saturated rings. The predicted octanol–water partition coefficient (Wildman–Crippen LogP) is 3.26. The van der Waals surface area contributed by atoms with Crippen molar-refractivity contribution in [3.63, 3.8) is 0 Å². The first-order chi connectivity index (χ1) is 6.81. The summed E-state index contributed by atoms with van der Waals surface area (Å²) in [5.41, 5.74) is 1.19. The smallest absolute Gasteiger partial charge is 0.111 e. The van der Waals surface area contributed by atoms with Crippen molar-refractivity contribution in [2.75, 3.05) is 0 Å². The van der Waals surface area contributed by atoms with E-state index in [2.05, 4.69) is 24.3 Å². The molecule has 2 nitrogen and oxygen atoms in total. The fourth-order valence-corrected chi connectivity index (χ4v) is 1.71. The maximum atomic E-state index is 8.60. The Bertz CT molecular complexity index is 395. The van der Waals surface area contributed by atoms with E-state index >= 15 is 0 Å². The maximum absolute atomic E-state index is 8.60. The van der Waals surface area contributed by atoms with Crippen LogP contribution in [0.5, 0.6) is 0 Å². The highest BCUT2D eigenvalue weighted by atomic mass is 16.3. The lowest BCUT2D eigenvalue weighted by Gasteiger charge is -2.02. The minimum atomic E-state index is 0.207. The fraction of sp³-hybridized carbons (Fsp3) is 0.417. The van der Waals surface area contributed by atoms with Gasteiger partial charge in [-0.3, -0.25) is 0 Å². The number of rotatable bonds is 2. The zero-order valence-corrected chi connectivity index (χ0v) is 8.29. The number of allylic oxidation sites excluding steroid dienone is 1. The summed E-state index contributed by atoms with van der Waals surface area (Å²) in [7, 11) is 0. The Hall–Kier alpha value is -1.49. The van der Waals surface area contributed by atoms with Gasteiger partial charge < -0.3 is 4.42 Å². The third-order valence-electron chi connectivity index (χ3n) is 2.58. The second-order valence-corrected chi connectivity index (χ2v) is 3.73.